The molecule has 0 saturated heterocycles. The summed E-state index contributed by atoms with van der Waals surface area (Å²) in [6.07, 6.45) is 1.00. The van der Waals surface area contributed by atoms with Crippen LogP contribution in [0.25, 0.3) is 21.5 Å². The second-order valence-electron chi connectivity index (χ2n) is 5.68. The highest BCUT2D eigenvalue weighted by molar-refractivity contribution is 8.14. The smallest absolute Gasteiger partial charge is 0.257 e. The normalized spacial score (nSPS) is 13.9. The molecule has 4 rings (SSSR count). The first-order valence-corrected chi connectivity index (χ1v) is 10.0. The van der Waals surface area contributed by atoms with Crippen LogP contribution in [0.5, 0.6) is 0 Å². The molecule has 126 valence electrons. The lowest BCUT2D eigenvalue weighted by atomic mass is 10.1. The number of fused-ring (bicyclic) bond motifs is 1. The predicted octanol–water partition coefficient (Wildman–Crippen LogP) is 4.36. The van der Waals surface area contributed by atoms with Crippen LogP contribution in [0.2, 0.25) is 0 Å². The molecular formula is C19H17N3OS2. The number of para-hydroxylation sites is 1. The number of thiophene rings is 1. The van der Waals surface area contributed by atoms with Gasteiger partial charge in [-0.25, -0.2) is 4.98 Å². The van der Waals surface area contributed by atoms with Crippen LogP contribution in [0.4, 0.5) is 0 Å². The Labute approximate surface area is 154 Å². The number of nitrogens with zero attached hydrogens (tertiary/aromatic N) is 2. The van der Waals surface area contributed by atoms with Crippen molar-refractivity contribution in [2.24, 2.45) is 4.99 Å². The molecule has 0 radical (unpaired) electrons. The molecule has 1 aromatic carbocycles. The zero-order valence-electron chi connectivity index (χ0n) is 13.8. The van der Waals surface area contributed by atoms with E-state index in [9.17, 15) is 4.79 Å². The third-order valence-electron chi connectivity index (χ3n) is 4.03. The highest BCUT2D eigenvalue weighted by atomic mass is 32.2. The fourth-order valence-corrected chi connectivity index (χ4v) is 4.40. The zero-order valence-corrected chi connectivity index (χ0v) is 15.4. The molecule has 3 aromatic rings. The molecule has 0 aliphatic carbocycles. The largest absolute Gasteiger partial charge is 0.301 e. The molecular weight excluding hydrogens is 350 g/mol. The van der Waals surface area contributed by atoms with Gasteiger partial charge in [0.25, 0.3) is 5.91 Å². The fraction of sp³-hybridized carbons (Fsp3) is 0.211. The van der Waals surface area contributed by atoms with E-state index >= 15 is 0 Å². The lowest BCUT2D eigenvalue weighted by Gasteiger charge is -2.09. The van der Waals surface area contributed by atoms with Crippen LogP contribution < -0.4 is 5.32 Å². The quantitative estimate of drug-likeness (QED) is 0.748. The second-order valence-corrected chi connectivity index (χ2v) is 7.93. The van der Waals surface area contributed by atoms with Gasteiger partial charge in [0, 0.05) is 16.0 Å². The summed E-state index contributed by atoms with van der Waals surface area (Å²) < 4.78 is 0. The highest BCUT2D eigenvalue weighted by Crippen LogP contribution is 2.30. The van der Waals surface area contributed by atoms with Gasteiger partial charge < -0.3 is 5.32 Å². The van der Waals surface area contributed by atoms with E-state index < -0.39 is 0 Å². The summed E-state index contributed by atoms with van der Waals surface area (Å²) in [4.78, 5) is 24.3. The van der Waals surface area contributed by atoms with Crippen molar-refractivity contribution in [1.82, 2.24) is 10.3 Å². The summed E-state index contributed by atoms with van der Waals surface area (Å²) in [5, 5.41) is 4.50. The van der Waals surface area contributed by atoms with E-state index in [1.807, 2.05) is 30.3 Å². The van der Waals surface area contributed by atoms with Crippen molar-refractivity contribution >= 4 is 45.1 Å². The number of hydrogen-bond donors (Lipinski definition) is 1. The maximum atomic E-state index is 12.8. The van der Waals surface area contributed by atoms with E-state index in [1.165, 1.54) is 4.88 Å². The first-order valence-electron chi connectivity index (χ1n) is 8.22. The number of pyridine rings is 1. The van der Waals surface area contributed by atoms with Crippen LogP contribution in [-0.4, -0.2) is 28.4 Å². The van der Waals surface area contributed by atoms with Crippen molar-refractivity contribution in [3.63, 3.8) is 0 Å². The van der Waals surface area contributed by atoms with E-state index in [2.05, 4.69) is 29.4 Å². The summed E-state index contributed by atoms with van der Waals surface area (Å²) in [7, 11) is 0. The van der Waals surface area contributed by atoms with Crippen molar-refractivity contribution in [2.45, 2.75) is 13.3 Å². The van der Waals surface area contributed by atoms with Crippen molar-refractivity contribution < 1.29 is 4.79 Å². The number of amides is 1. The summed E-state index contributed by atoms with van der Waals surface area (Å²) in [5.41, 5.74) is 2.31. The Morgan fingerprint density at radius 1 is 1.24 bits per heavy atom. The number of hydrogen-bond acceptors (Lipinski definition) is 5. The van der Waals surface area contributed by atoms with Gasteiger partial charge in [0.2, 0.25) is 0 Å². The number of nitrogens with one attached hydrogen (secondary N) is 1. The standard InChI is InChI=1S/C19H17N3OS2/c1-2-12-7-8-17(25-12)16-11-14(13-5-3-4-6-15(13)21-16)18(23)22-19-20-9-10-24-19/h3-8,11H,2,9-10H2,1H3,(H,20,22,23). The lowest BCUT2D eigenvalue weighted by molar-refractivity contribution is 0.0979. The highest BCUT2D eigenvalue weighted by Gasteiger charge is 2.17. The van der Waals surface area contributed by atoms with E-state index in [0.29, 0.717) is 10.7 Å². The summed E-state index contributed by atoms with van der Waals surface area (Å²) >= 11 is 3.31. The first-order chi connectivity index (χ1) is 12.2. The maximum absolute atomic E-state index is 12.8. The number of rotatable bonds is 3. The van der Waals surface area contributed by atoms with E-state index in [0.717, 1.165) is 40.2 Å². The number of benzene rings is 1. The van der Waals surface area contributed by atoms with Crippen LogP contribution in [0, 0.1) is 0 Å². The lowest BCUT2D eigenvalue weighted by Crippen LogP contribution is -2.27. The molecule has 0 fully saturated rings. The molecule has 1 aliphatic rings. The molecule has 4 nitrogen and oxygen atoms in total. The van der Waals surface area contributed by atoms with Crippen LogP contribution >= 0.6 is 23.1 Å². The van der Waals surface area contributed by atoms with Gasteiger partial charge in [-0.1, -0.05) is 36.9 Å². The Morgan fingerprint density at radius 3 is 2.88 bits per heavy atom. The maximum Gasteiger partial charge on any atom is 0.257 e. The predicted molar refractivity (Wildman–Crippen MR) is 107 cm³/mol. The van der Waals surface area contributed by atoms with Gasteiger partial charge in [0.15, 0.2) is 5.17 Å². The van der Waals surface area contributed by atoms with Crippen molar-refractivity contribution in [2.75, 3.05) is 12.3 Å². The average molecular weight is 367 g/mol. The number of carbonyl (C=O) groups is 1. The van der Waals surface area contributed by atoms with Crippen molar-refractivity contribution in [1.29, 1.82) is 0 Å². The monoisotopic (exact) mass is 367 g/mol. The van der Waals surface area contributed by atoms with Crippen LogP contribution in [0.15, 0.2) is 47.5 Å². The van der Waals surface area contributed by atoms with Crippen LogP contribution in [0.3, 0.4) is 0 Å². The molecule has 1 aliphatic heterocycles. The minimum Gasteiger partial charge on any atom is -0.301 e. The third kappa shape index (κ3) is 3.32. The van der Waals surface area contributed by atoms with Gasteiger partial charge in [0.1, 0.15) is 0 Å². The number of thioether (sulfide) groups is 1. The minimum absolute atomic E-state index is 0.125. The summed E-state index contributed by atoms with van der Waals surface area (Å²) in [6, 6.07) is 13.9. The number of aliphatic imine (C=N–C) groups is 1. The van der Waals surface area contributed by atoms with Gasteiger partial charge in [0.05, 0.1) is 28.2 Å². The van der Waals surface area contributed by atoms with Gasteiger partial charge in [-0.05, 0) is 30.7 Å². The molecule has 0 unspecified atom stereocenters. The van der Waals surface area contributed by atoms with Gasteiger partial charge in [-0.15, -0.1) is 11.3 Å². The first kappa shape index (κ1) is 16.3. The van der Waals surface area contributed by atoms with Gasteiger partial charge in [-0.2, -0.15) is 0 Å². The molecule has 25 heavy (non-hydrogen) atoms. The van der Waals surface area contributed by atoms with E-state index in [-0.39, 0.29) is 5.91 Å². The Bertz CT molecular complexity index is 978. The SMILES string of the molecule is CCc1ccc(-c2cc(C(=O)NC3=NCCS3)c3ccccc3n2)s1. The molecule has 2 aromatic heterocycles. The Hall–Kier alpha value is -2.18. The number of aromatic nitrogens is 1. The van der Waals surface area contributed by atoms with Crippen LogP contribution in [-0.2, 0) is 6.42 Å². The van der Waals surface area contributed by atoms with E-state index in [1.54, 1.807) is 23.1 Å². The number of carbonyl (C=O) groups excluding carboxylic acids is 1. The molecule has 0 atom stereocenters. The summed E-state index contributed by atoms with van der Waals surface area (Å²) in [5.74, 6) is 0.799. The molecule has 0 spiro atoms. The minimum atomic E-state index is -0.125. The third-order valence-corrected chi connectivity index (χ3v) is 6.17. The zero-order chi connectivity index (χ0) is 17.2. The molecule has 1 amide bonds. The Kier molecular flexibility index (Phi) is 4.55. The summed E-state index contributed by atoms with van der Waals surface area (Å²) in [6.45, 7) is 2.90. The Morgan fingerprint density at radius 2 is 2.12 bits per heavy atom. The Balaban J connectivity index is 1.79. The van der Waals surface area contributed by atoms with E-state index in [4.69, 9.17) is 4.98 Å². The average Bonchev–Trinajstić information content (AvgIpc) is 3.32. The fourth-order valence-electron chi connectivity index (χ4n) is 2.77. The topological polar surface area (TPSA) is 54.4 Å². The van der Waals surface area contributed by atoms with Crippen molar-refractivity contribution in [3.05, 3.63) is 52.9 Å². The molecule has 3 heterocycles. The molecule has 0 bridgehead atoms. The second kappa shape index (κ2) is 6.98. The van der Waals surface area contributed by atoms with Crippen LogP contribution in [0.1, 0.15) is 22.2 Å². The van der Waals surface area contributed by atoms with Crippen molar-refractivity contribution in [3.8, 4) is 10.6 Å². The molecule has 6 heteroatoms. The molecule has 1 N–H and O–H groups in total. The number of aryl methyl sites for hydroxylation is 1. The molecule has 0 saturated carbocycles. The van der Waals surface area contributed by atoms with Gasteiger partial charge >= 0.3 is 0 Å². The van der Waals surface area contributed by atoms with Gasteiger partial charge in [-0.3, -0.25) is 9.79 Å². The number of amidine groups is 1.